The Labute approximate surface area is 190 Å². The van der Waals surface area contributed by atoms with E-state index in [1.54, 1.807) is 4.90 Å². The minimum absolute atomic E-state index is 0. The number of hydrogen-bond acceptors (Lipinski definition) is 4. The van der Waals surface area contributed by atoms with Crippen molar-refractivity contribution in [3.63, 3.8) is 0 Å². The van der Waals surface area contributed by atoms with Gasteiger partial charge in [0.25, 0.3) is 0 Å². The van der Waals surface area contributed by atoms with Crippen LogP contribution >= 0.6 is 24.0 Å². The molecule has 2 N–H and O–H groups in total. The topological polar surface area (TPSA) is 82.8 Å². The van der Waals surface area contributed by atoms with Crippen LogP contribution in [0.2, 0.25) is 0 Å². The van der Waals surface area contributed by atoms with Crippen molar-refractivity contribution < 1.29 is 9.32 Å². The molecule has 160 valence electrons. The highest BCUT2D eigenvalue weighted by Gasteiger charge is 2.10. The number of aromatic nitrogens is 1. The summed E-state index contributed by atoms with van der Waals surface area (Å²) in [6, 6.07) is 11.9. The van der Waals surface area contributed by atoms with Crippen molar-refractivity contribution >= 4 is 35.8 Å². The van der Waals surface area contributed by atoms with Crippen molar-refractivity contribution in [1.82, 2.24) is 20.7 Å². The van der Waals surface area contributed by atoms with Gasteiger partial charge in [0.15, 0.2) is 11.7 Å². The molecule has 1 heterocycles. The van der Waals surface area contributed by atoms with E-state index in [1.165, 1.54) is 0 Å². The van der Waals surface area contributed by atoms with Crippen LogP contribution in [-0.4, -0.2) is 42.1 Å². The van der Waals surface area contributed by atoms with Crippen molar-refractivity contribution in [2.45, 2.75) is 46.2 Å². The first kappa shape index (κ1) is 24.9. The average molecular weight is 513 g/mol. The highest BCUT2D eigenvalue weighted by Crippen LogP contribution is 2.14. The van der Waals surface area contributed by atoms with Gasteiger partial charge in [-0.25, -0.2) is 4.99 Å². The van der Waals surface area contributed by atoms with Crippen LogP contribution in [0.1, 0.15) is 50.1 Å². The summed E-state index contributed by atoms with van der Waals surface area (Å²) in [5, 5.41) is 10.4. The van der Waals surface area contributed by atoms with E-state index in [0.717, 1.165) is 23.6 Å². The Bertz CT molecular complexity index is 761. The predicted octanol–water partition coefficient (Wildman–Crippen LogP) is 3.52. The molecule has 0 bridgehead atoms. The molecule has 29 heavy (non-hydrogen) atoms. The molecule has 0 saturated heterocycles. The number of aliphatic imine (C=N–C) groups is 1. The Morgan fingerprint density at radius 2 is 1.97 bits per heavy atom. The standard InChI is InChI=1S/C21H31N5O2.HI/c1-5-22-21(24-14-18-13-19(16(2)3)25-28-18)23-12-11-20(27)26(4)15-17-9-7-6-8-10-17;/h6-10,13,16H,5,11-12,14-15H2,1-4H3,(H2,22,23,24);1H. The molecule has 0 saturated carbocycles. The molecule has 1 aromatic heterocycles. The summed E-state index contributed by atoms with van der Waals surface area (Å²) in [6.07, 6.45) is 0.396. The maximum absolute atomic E-state index is 12.3. The smallest absolute Gasteiger partial charge is 0.224 e. The SMILES string of the molecule is CCNC(=NCc1cc(C(C)C)no1)NCCC(=O)N(C)Cc1ccccc1.I. The van der Waals surface area contributed by atoms with Crippen LogP contribution in [0.25, 0.3) is 0 Å². The molecular weight excluding hydrogens is 481 g/mol. The molecule has 0 aliphatic heterocycles. The molecule has 0 atom stereocenters. The van der Waals surface area contributed by atoms with Gasteiger partial charge in [-0.1, -0.05) is 49.3 Å². The Morgan fingerprint density at radius 1 is 1.24 bits per heavy atom. The van der Waals surface area contributed by atoms with E-state index >= 15 is 0 Å². The van der Waals surface area contributed by atoms with Gasteiger partial charge in [-0.15, -0.1) is 24.0 Å². The van der Waals surface area contributed by atoms with Gasteiger partial charge >= 0.3 is 0 Å². The second kappa shape index (κ2) is 13.2. The van der Waals surface area contributed by atoms with E-state index in [9.17, 15) is 4.79 Å². The molecule has 0 radical (unpaired) electrons. The van der Waals surface area contributed by atoms with Crippen LogP contribution in [0.5, 0.6) is 0 Å². The molecule has 0 aliphatic carbocycles. The molecule has 2 aromatic rings. The van der Waals surface area contributed by atoms with Gasteiger partial charge in [-0.3, -0.25) is 4.79 Å². The van der Waals surface area contributed by atoms with Crippen LogP contribution in [0.15, 0.2) is 45.9 Å². The lowest BCUT2D eigenvalue weighted by atomic mass is 10.1. The second-order valence-corrected chi connectivity index (χ2v) is 6.98. The molecule has 1 aromatic carbocycles. The first-order valence-electron chi connectivity index (χ1n) is 9.75. The van der Waals surface area contributed by atoms with E-state index in [-0.39, 0.29) is 29.9 Å². The van der Waals surface area contributed by atoms with Crippen molar-refractivity contribution in [1.29, 1.82) is 0 Å². The predicted molar refractivity (Wildman–Crippen MR) is 126 cm³/mol. The van der Waals surface area contributed by atoms with Crippen LogP contribution in [0.3, 0.4) is 0 Å². The summed E-state index contributed by atoms with van der Waals surface area (Å²) in [5.74, 6) is 1.79. The van der Waals surface area contributed by atoms with Crippen molar-refractivity contribution in [3.8, 4) is 0 Å². The number of carbonyl (C=O) groups is 1. The van der Waals surface area contributed by atoms with Gasteiger partial charge in [0.05, 0.1) is 5.69 Å². The minimum Gasteiger partial charge on any atom is -0.359 e. The summed E-state index contributed by atoms with van der Waals surface area (Å²) < 4.78 is 5.31. The van der Waals surface area contributed by atoms with Gasteiger partial charge in [0.2, 0.25) is 5.91 Å². The number of nitrogens with zero attached hydrogens (tertiary/aromatic N) is 3. The van der Waals surface area contributed by atoms with E-state index in [2.05, 4.69) is 34.6 Å². The van der Waals surface area contributed by atoms with E-state index < -0.39 is 0 Å². The fraction of sp³-hybridized carbons (Fsp3) is 0.476. The minimum atomic E-state index is 0. The van der Waals surface area contributed by atoms with E-state index in [4.69, 9.17) is 4.52 Å². The van der Waals surface area contributed by atoms with Gasteiger partial charge in [-0.05, 0) is 18.4 Å². The van der Waals surface area contributed by atoms with Crippen LogP contribution < -0.4 is 10.6 Å². The van der Waals surface area contributed by atoms with E-state index in [1.807, 2.05) is 50.4 Å². The number of guanidine groups is 1. The number of halogens is 1. The Hall–Kier alpha value is -2.10. The van der Waals surface area contributed by atoms with Gasteiger partial charge in [0.1, 0.15) is 6.54 Å². The molecule has 0 aliphatic rings. The number of rotatable bonds is 9. The largest absolute Gasteiger partial charge is 0.359 e. The number of carbonyl (C=O) groups excluding carboxylic acids is 1. The molecule has 1 amide bonds. The Morgan fingerprint density at radius 3 is 2.59 bits per heavy atom. The zero-order valence-corrected chi connectivity index (χ0v) is 20.0. The number of nitrogens with one attached hydrogen (secondary N) is 2. The summed E-state index contributed by atoms with van der Waals surface area (Å²) >= 11 is 0. The molecule has 0 fully saturated rings. The Kier molecular flexibility index (Phi) is 11.3. The fourth-order valence-electron chi connectivity index (χ4n) is 2.60. The zero-order valence-electron chi connectivity index (χ0n) is 17.6. The summed E-state index contributed by atoms with van der Waals surface area (Å²) in [4.78, 5) is 18.6. The lowest BCUT2D eigenvalue weighted by molar-refractivity contribution is -0.130. The molecule has 0 unspecified atom stereocenters. The van der Waals surface area contributed by atoms with Gasteiger partial charge in [0, 0.05) is 39.2 Å². The maximum Gasteiger partial charge on any atom is 0.224 e. The third-order valence-corrected chi connectivity index (χ3v) is 4.23. The average Bonchev–Trinajstić information content (AvgIpc) is 3.16. The Balaban J connectivity index is 0.00000420. The molecule has 0 spiro atoms. The number of benzene rings is 1. The monoisotopic (exact) mass is 513 g/mol. The van der Waals surface area contributed by atoms with Crippen molar-refractivity contribution in [2.24, 2.45) is 4.99 Å². The molecule has 2 rings (SSSR count). The second-order valence-electron chi connectivity index (χ2n) is 6.98. The highest BCUT2D eigenvalue weighted by molar-refractivity contribution is 14.0. The van der Waals surface area contributed by atoms with Crippen molar-refractivity contribution in [3.05, 3.63) is 53.4 Å². The molecule has 8 heteroatoms. The number of hydrogen-bond donors (Lipinski definition) is 2. The lowest BCUT2D eigenvalue weighted by Crippen LogP contribution is -2.39. The first-order chi connectivity index (χ1) is 13.5. The van der Waals surface area contributed by atoms with Crippen LogP contribution in [0.4, 0.5) is 0 Å². The van der Waals surface area contributed by atoms with Gasteiger partial charge < -0.3 is 20.1 Å². The quantitative estimate of drug-likeness (QED) is 0.305. The lowest BCUT2D eigenvalue weighted by Gasteiger charge is -2.18. The van der Waals surface area contributed by atoms with Crippen LogP contribution in [0, 0.1) is 0 Å². The van der Waals surface area contributed by atoms with Crippen LogP contribution in [-0.2, 0) is 17.9 Å². The maximum atomic E-state index is 12.3. The highest BCUT2D eigenvalue weighted by atomic mass is 127. The summed E-state index contributed by atoms with van der Waals surface area (Å²) in [7, 11) is 1.82. The molecular formula is C21H32IN5O2. The normalized spacial score (nSPS) is 11.1. The summed E-state index contributed by atoms with van der Waals surface area (Å²) in [6.45, 7) is 8.40. The third-order valence-electron chi connectivity index (χ3n) is 4.23. The van der Waals surface area contributed by atoms with Crippen molar-refractivity contribution in [2.75, 3.05) is 20.1 Å². The van der Waals surface area contributed by atoms with Gasteiger partial charge in [-0.2, -0.15) is 0 Å². The first-order valence-corrected chi connectivity index (χ1v) is 9.75. The third kappa shape index (κ3) is 8.84. The van der Waals surface area contributed by atoms with E-state index in [0.29, 0.717) is 37.9 Å². The molecule has 7 nitrogen and oxygen atoms in total. The fourth-order valence-corrected chi connectivity index (χ4v) is 2.60. The zero-order chi connectivity index (χ0) is 20.4. The summed E-state index contributed by atoms with van der Waals surface area (Å²) in [5.41, 5.74) is 2.05. The number of amides is 1.